The van der Waals surface area contributed by atoms with E-state index in [1.165, 1.54) is 24.6 Å². The number of piperidine rings is 3. The van der Waals surface area contributed by atoms with E-state index in [1.54, 1.807) is 13.5 Å². The molecule has 0 radical (unpaired) electrons. The highest BCUT2D eigenvalue weighted by Gasteiger charge is 2.30. The molecule has 2 aromatic carbocycles. The molecular formula is C67H90N22O5. The second kappa shape index (κ2) is 32.3. The van der Waals surface area contributed by atoms with Gasteiger partial charge in [-0.3, -0.25) is 14.4 Å². The molecule has 27 nitrogen and oxygen atoms in total. The quantitative estimate of drug-likeness (QED) is 0.0288. The lowest BCUT2D eigenvalue weighted by Crippen LogP contribution is -2.43. The van der Waals surface area contributed by atoms with Crippen LogP contribution in [0.2, 0.25) is 0 Å². The number of nitrogens with zero attached hydrogens (tertiary/aromatic N) is 15. The summed E-state index contributed by atoms with van der Waals surface area (Å²) in [6.45, 7) is 20.5. The number of hydrogen-bond acceptors (Lipinski definition) is 21. The summed E-state index contributed by atoms with van der Waals surface area (Å²) in [5, 5.41) is 51.4. The van der Waals surface area contributed by atoms with Crippen LogP contribution in [0.4, 0.5) is 58.4 Å². The van der Waals surface area contributed by atoms with Crippen LogP contribution < -0.4 is 52.3 Å². The number of fused-ring (bicyclic) bond motifs is 3. The Hall–Kier alpha value is -9.60. The molecule has 3 unspecified atom stereocenters. The van der Waals surface area contributed by atoms with E-state index in [-0.39, 0.29) is 61.1 Å². The van der Waals surface area contributed by atoms with Crippen LogP contribution in [-0.2, 0) is 33.6 Å². The molecule has 27 heteroatoms. The second-order valence-corrected chi connectivity index (χ2v) is 24.1. The predicted molar refractivity (Wildman–Crippen MR) is 368 cm³/mol. The highest BCUT2D eigenvalue weighted by Crippen LogP contribution is 2.32. The van der Waals surface area contributed by atoms with Crippen molar-refractivity contribution in [2.75, 3.05) is 80.7 Å². The SMILES string of the molecule is C=CC(=O)NC1CCCC(Nc2nc(N3CCCC[C@H]3CCO)nc3c(CC)cnn23)C1.C=CC(=O)Nc1cccc(Nc2nc(N3CCCC(N)C3)nc3c(CC)cnn23)c1.C=CC(=O)Nc1cccc(Nc2nc(N3CCCC[C@H]3CCO)nc3c(CC)cnn23)c1. The highest BCUT2D eigenvalue weighted by molar-refractivity contribution is 5.99. The van der Waals surface area contributed by atoms with E-state index >= 15 is 0 Å². The third kappa shape index (κ3) is 16.6. The summed E-state index contributed by atoms with van der Waals surface area (Å²) in [5.74, 6) is 3.14. The molecule has 8 aromatic rings. The number of aryl methyl sites for hydroxylation is 3. The minimum absolute atomic E-state index is 0.121. The maximum absolute atomic E-state index is 11.8. The van der Waals surface area contributed by atoms with Gasteiger partial charge >= 0.3 is 0 Å². The first-order valence-corrected chi connectivity index (χ1v) is 33.1. The largest absolute Gasteiger partial charge is 0.396 e. The molecule has 9 heterocycles. The Balaban J connectivity index is 0.000000154. The zero-order valence-corrected chi connectivity index (χ0v) is 54.3. The molecule has 94 heavy (non-hydrogen) atoms. The fourth-order valence-electron chi connectivity index (χ4n) is 12.6. The van der Waals surface area contributed by atoms with Gasteiger partial charge in [0.1, 0.15) is 0 Å². The van der Waals surface area contributed by atoms with Crippen LogP contribution in [0.1, 0.15) is 127 Å². The topological polar surface area (TPSA) is 329 Å². The minimum Gasteiger partial charge on any atom is -0.396 e. The van der Waals surface area contributed by atoms with Gasteiger partial charge in [-0.05, 0) is 164 Å². The first-order valence-electron chi connectivity index (χ1n) is 33.1. The van der Waals surface area contributed by atoms with Crippen molar-refractivity contribution < 1.29 is 24.6 Å². The number of aliphatic hydroxyl groups excluding tert-OH is 2. The van der Waals surface area contributed by atoms with E-state index in [4.69, 9.17) is 35.6 Å². The molecule has 12 rings (SSSR count). The number of anilines is 10. The number of rotatable bonds is 22. The van der Waals surface area contributed by atoms with Crippen molar-refractivity contribution >= 4 is 93.1 Å². The number of carbonyl (C=O) groups is 3. The van der Waals surface area contributed by atoms with Crippen LogP contribution in [0, 0.1) is 0 Å². The molecule has 10 N–H and O–H groups in total. The minimum atomic E-state index is -0.270. The Bertz CT molecular complexity index is 3920. The second-order valence-electron chi connectivity index (χ2n) is 24.1. The number of nitrogens with one attached hydrogen (secondary N) is 6. The Morgan fingerprint density at radius 3 is 1.48 bits per heavy atom. The molecule has 4 fully saturated rings. The normalized spacial score (nSPS) is 18.9. The van der Waals surface area contributed by atoms with Gasteiger partial charge in [-0.1, -0.05) is 52.6 Å². The Morgan fingerprint density at radius 1 is 0.543 bits per heavy atom. The van der Waals surface area contributed by atoms with Gasteiger partial charge in [0.15, 0.2) is 16.9 Å². The third-order valence-electron chi connectivity index (χ3n) is 17.5. The van der Waals surface area contributed by atoms with E-state index in [0.29, 0.717) is 53.5 Å². The van der Waals surface area contributed by atoms with Crippen molar-refractivity contribution in [1.82, 2.24) is 64.1 Å². The Morgan fingerprint density at radius 2 is 1.00 bits per heavy atom. The van der Waals surface area contributed by atoms with Gasteiger partial charge in [0.05, 0.1) is 18.6 Å². The van der Waals surface area contributed by atoms with Gasteiger partial charge in [-0.2, -0.15) is 58.7 Å². The molecule has 498 valence electrons. The van der Waals surface area contributed by atoms with Crippen molar-refractivity contribution in [3.05, 3.63) is 122 Å². The first kappa shape index (κ1) is 67.3. The lowest BCUT2D eigenvalue weighted by molar-refractivity contribution is -0.117. The van der Waals surface area contributed by atoms with Gasteiger partial charge < -0.3 is 62.5 Å². The highest BCUT2D eigenvalue weighted by atomic mass is 16.3. The van der Waals surface area contributed by atoms with Crippen LogP contribution >= 0.6 is 0 Å². The molecule has 1 saturated carbocycles. The monoisotopic (exact) mass is 1280 g/mol. The number of amides is 3. The average Bonchev–Trinajstić information content (AvgIpc) is 1.57. The van der Waals surface area contributed by atoms with E-state index < -0.39 is 0 Å². The summed E-state index contributed by atoms with van der Waals surface area (Å²) in [4.78, 5) is 70.7. The van der Waals surface area contributed by atoms with Gasteiger partial charge in [0.25, 0.3) is 0 Å². The van der Waals surface area contributed by atoms with Crippen molar-refractivity contribution in [3.63, 3.8) is 0 Å². The van der Waals surface area contributed by atoms with Gasteiger partial charge in [0.2, 0.25) is 53.4 Å². The van der Waals surface area contributed by atoms with E-state index in [9.17, 15) is 24.6 Å². The van der Waals surface area contributed by atoms with Crippen molar-refractivity contribution in [3.8, 4) is 0 Å². The van der Waals surface area contributed by atoms with Crippen LogP contribution in [0.5, 0.6) is 0 Å². The lowest BCUT2D eigenvalue weighted by atomic mass is 9.91. The number of carbonyl (C=O) groups excluding carboxylic acids is 3. The average molecular weight is 1280 g/mol. The maximum Gasteiger partial charge on any atom is 0.247 e. The molecule has 0 bridgehead atoms. The molecule has 5 atom stereocenters. The standard InChI is InChI=1S/C23H35N7O2.C23H29N7O2.C21H26N8O/c2*1-3-16-15-24-30-21(16)27-22(29-12-6-5-10-19(29)11-13-31)28-23(30)26-18-9-7-8-17(14-18)25-20(32)4-2;1-3-14-12-23-29-19(14)26-20(28-10-6-7-15(22)13-28)27-21(29)25-17-9-5-8-16(11-17)24-18(30)4-2/h4,15,17-19,31H,2-3,5-14H2,1H3,(H,25,32)(H,26,27,28);4,7-9,14-15,19,31H,2-3,5-6,10-13H2,1H3,(H,25,32)(H,26,27,28);4-5,8-9,11-12,15H,2-3,6-7,10,13,22H2,1H3,(H,24,30)(H,25,26,27)/t17?,18?,19-;19-;/m00./s1. The Labute approximate surface area is 547 Å². The molecular weight excluding hydrogens is 1190 g/mol. The number of benzene rings is 2. The molecule has 3 amide bonds. The summed E-state index contributed by atoms with van der Waals surface area (Å²) in [7, 11) is 0. The van der Waals surface area contributed by atoms with Gasteiger partial charge in [-0.25, -0.2) is 0 Å². The molecule has 4 aliphatic rings. The van der Waals surface area contributed by atoms with E-state index in [0.717, 1.165) is 167 Å². The lowest BCUT2D eigenvalue weighted by Gasteiger charge is -2.36. The van der Waals surface area contributed by atoms with E-state index in [1.807, 2.05) is 67.1 Å². The molecule has 3 aliphatic heterocycles. The van der Waals surface area contributed by atoms with Crippen molar-refractivity contribution in [2.24, 2.45) is 5.73 Å². The third-order valence-corrected chi connectivity index (χ3v) is 17.5. The summed E-state index contributed by atoms with van der Waals surface area (Å²) >= 11 is 0. The first-order chi connectivity index (χ1) is 45.8. The van der Waals surface area contributed by atoms with E-state index in [2.05, 4.69) is 102 Å². The Kier molecular flexibility index (Phi) is 23.1. The van der Waals surface area contributed by atoms with Gasteiger partial charge in [-0.15, -0.1) is 0 Å². The van der Waals surface area contributed by atoms with Crippen LogP contribution in [-0.4, -0.2) is 156 Å². The molecule has 1 aliphatic carbocycles. The zero-order valence-electron chi connectivity index (χ0n) is 54.3. The van der Waals surface area contributed by atoms with Crippen LogP contribution in [0.15, 0.2) is 105 Å². The van der Waals surface area contributed by atoms with Gasteiger partial charge in [0, 0.05) is 109 Å². The maximum atomic E-state index is 11.8. The number of aliphatic hydroxyl groups is 2. The summed E-state index contributed by atoms with van der Waals surface area (Å²) in [6, 6.07) is 15.7. The van der Waals surface area contributed by atoms with Crippen molar-refractivity contribution in [1.29, 1.82) is 0 Å². The number of hydrogen-bond donors (Lipinski definition) is 9. The summed E-state index contributed by atoms with van der Waals surface area (Å²) < 4.78 is 5.22. The summed E-state index contributed by atoms with van der Waals surface area (Å²) in [5.41, 5.74) is 14.6. The fourth-order valence-corrected chi connectivity index (χ4v) is 12.6. The van der Waals surface area contributed by atoms with Crippen molar-refractivity contribution in [2.45, 2.75) is 160 Å². The number of aromatic nitrogens is 12. The van der Waals surface area contributed by atoms with Crippen LogP contribution in [0.25, 0.3) is 16.9 Å². The fraction of sp³-hybridized carbons (Fsp3) is 0.463. The summed E-state index contributed by atoms with van der Waals surface area (Å²) in [6.07, 6.45) is 25.6. The number of nitrogens with two attached hydrogens (primary N) is 1. The molecule has 3 saturated heterocycles. The zero-order chi connectivity index (χ0) is 66.1. The predicted octanol–water partition coefficient (Wildman–Crippen LogP) is 8.23. The molecule has 6 aromatic heterocycles. The molecule has 0 spiro atoms. The van der Waals surface area contributed by atoms with Crippen LogP contribution in [0.3, 0.4) is 0 Å². The smallest absolute Gasteiger partial charge is 0.247 e.